The van der Waals surface area contributed by atoms with Gasteiger partial charge in [-0.15, -0.1) is 0 Å². The molecule has 1 fully saturated rings. The fourth-order valence-electron chi connectivity index (χ4n) is 4.63. The van der Waals surface area contributed by atoms with Gasteiger partial charge in [0.2, 0.25) is 5.91 Å². The molecule has 0 saturated heterocycles. The Hall–Kier alpha value is -2.08. The Bertz CT molecular complexity index is 698. The standard InChI is InChI=1S/C23H36N4O2/c1-24-22(26-18-23(14-17-29-2)12-5-6-13-23)25-15-7-10-21(28)27-16-11-19-8-3-4-9-20(19)27/h3-4,8-9H,5-7,10-18H2,1-2H3,(H2,24,25,26). The van der Waals surface area contributed by atoms with Gasteiger partial charge < -0.3 is 20.3 Å². The first-order valence-electron chi connectivity index (χ1n) is 11.0. The molecule has 160 valence electrons. The van der Waals surface area contributed by atoms with E-state index in [4.69, 9.17) is 4.74 Å². The monoisotopic (exact) mass is 400 g/mol. The van der Waals surface area contributed by atoms with E-state index in [1.807, 2.05) is 23.1 Å². The summed E-state index contributed by atoms with van der Waals surface area (Å²) in [4.78, 5) is 18.9. The third-order valence-electron chi connectivity index (χ3n) is 6.40. The molecule has 2 N–H and O–H groups in total. The van der Waals surface area contributed by atoms with Gasteiger partial charge >= 0.3 is 0 Å². The molecule has 0 spiro atoms. The van der Waals surface area contributed by atoms with Gasteiger partial charge in [-0.05, 0) is 49.1 Å². The molecule has 3 rings (SSSR count). The van der Waals surface area contributed by atoms with Gasteiger partial charge in [0, 0.05) is 52.5 Å². The van der Waals surface area contributed by atoms with Gasteiger partial charge in [0.1, 0.15) is 0 Å². The molecule has 1 saturated carbocycles. The zero-order valence-electron chi connectivity index (χ0n) is 18.0. The lowest BCUT2D eigenvalue weighted by atomic mass is 9.83. The average molecular weight is 401 g/mol. The van der Waals surface area contributed by atoms with E-state index in [0.717, 1.165) is 57.2 Å². The van der Waals surface area contributed by atoms with Gasteiger partial charge in [0.05, 0.1) is 0 Å². The highest BCUT2D eigenvalue weighted by molar-refractivity contribution is 5.95. The summed E-state index contributed by atoms with van der Waals surface area (Å²) < 4.78 is 5.32. The second-order valence-electron chi connectivity index (χ2n) is 8.33. The molecule has 0 bridgehead atoms. The highest BCUT2D eigenvalue weighted by atomic mass is 16.5. The SMILES string of the molecule is CN=C(NCCCC(=O)N1CCc2ccccc21)NCC1(CCOC)CCCC1. The maximum Gasteiger partial charge on any atom is 0.227 e. The molecule has 1 aromatic carbocycles. The molecule has 1 aliphatic heterocycles. The molecular weight excluding hydrogens is 364 g/mol. The highest BCUT2D eigenvalue weighted by Crippen LogP contribution is 2.40. The predicted octanol–water partition coefficient (Wildman–Crippen LogP) is 3.12. The second kappa shape index (κ2) is 10.6. The number of fused-ring (bicyclic) bond motifs is 1. The van der Waals surface area contributed by atoms with Gasteiger partial charge in [-0.3, -0.25) is 9.79 Å². The third-order valence-corrected chi connectivity index (χ3v) is 6.40. The van der Waals surface area contributed by atoms with Crippen molar-refractivity contribution >= 4 is 17.6 Å². The molecule has 1 aliphatic carbocycles. The number of hydrogen-bond acceptors (Lipinski definition) is 3. The van der Waals surface area contributed by atoms with Crippen molar-refractivity contribution in [1.29, 1.82) is 0 Å². The summed E-state index contributed by atoms with van der Waals surface area (Å²) in [6, 6.07) is 8.21. The van der Waals surface area contributed by atoms with Gasteiger partial charge in [-0.1, -0.05) is 31.0 Å². The smallest absolute Gasteiger partial charge is 0.227 e. The van der Waals surface area contributed by atoms with Gasteiger partial charge in [-0.2, -0.15) is 0 Å². The number of hydrogen-bond donors (Lipinski definition) is 2. The Morgan fingerprint density at radius 1 is 1.24 bits per heavy atom. The molecule has 6 nitrogen and oxygen atoms in total. The lowest BCUT2D eigenvalue weighted by Crippen LogP contribution is -2.43. The molecular formula is C23H36N4O2. The Labute approximate surface area is 175 Å². The van der Waals surface area contributed by atoms with E-state index in [-0.39, 0.29) is 5.91 Å². The fourth-order valence-corrected chi connectivity index (χ4v) is 4.63. The molecule has 0 atom stereocenters. The fraction of sp³-hybridized carbons (Fsp3) is 0.652. The molecule has 0 unspecified atom stereocenters. The van der Waals surface area contributed by atoms with Crippen molar-refractivity contribution in [3.63, 3.8) is 0 Å². The number of guanidine groups is 1. The summed E-state index contributed by atoms with van der Waals surface area (Å²) in [6.45, 7) is 3.29. The van der Waals surface area contributed by atoms with Crippen molar-refractivity contribution in [3.8, 4) is 0 Å². The quantitative estimate of drug-likeness (QED) is 0.380. The third kappa shape index (κ3) is 5.72. The number of methoxy groups -OCH3 is 1. The minimum absolute atomic E-state index is 0.212. The van der Waals surface area contributed by atoms with E-state index in [0.29, 0.717) is 11.8 Å². The van der Waals surface area contributed by atoms with Crippen molar-refractivity contribution in [3.05, 3.63) is 29.8 Å². The van der Waals surface area contributed by atoms with Crippen LogP contribution < -0.4 is 15.5 Å². The van der Waals surface area contributed by atoms with Crippen molar-refractivity contribution in [2.45, 2.75) is 51.4 Å². The molecule has 6 heteroatoms. The molecule has 1 heterocycles. The summed E-state index contributed by atoms with van der Waals surface area (Å²) in [7, 11) is 3.58. The lowest BCUT2D eigenvalue weighted by Gasteiger charge is -2.30. The van der Waals surface area contributed by atoms with Crippen LogP contribution in [0.5, 0.6) is 0 Å². The van der Waals surface area contributed by atoms with Crippen LogP contribution in [0.25, 0.3) is 0 Å². The van der Waals surface area contributed by atoms with E-state index >= 15 is 0 Å². The summed E-state index contributed by atoms with van der Waals surface area (Å²) in [5, 5.41) is 6.87. The van der Waals surface area contributed by atoms with Crippen LogP contribution in [0.2, 0.25) is 0 Å². The summed E-state index contributed by atoms with van der Waals surface area (Å²) in [5.41, 5.74) is 2.69. The van der Waals surface area contributed by atoms with Crippen LogP contribution in [-0.4, -0.2) is 52.3 Å². The Kier molecular flexibility index (Phi) is 7.92. The van der Waals surface area contributed by atoms with Crippen LogP contribution in [0.3, 0.4) is 0 Å². The number of amides is 1. The minimum Gasteiger partial charge on any atom is -0.385 e. The number of ether oxygens (including phenoxy) is 1. The number of aliphatic imine (C=N–C) groups is 1. The van der Waals surface area contributed by atoms with Gasteiger partial charge in [0.15, 0.2) is 5.96 Å². The van der Waals surface area contributed by atoms with Gasteiger partial charge in [-0.25, -0.2) is 0 Å². The zero-order chi connectivity index (χ0) is 20.5. The molecule has 1 amide bonds. The second-order valence-corrected chi connectivity index (χ2v) is 8.33. The largest absolute Gasteiger partial charge is 0.385 e. The first kappa shape index (κ1) is 21.6. The topological polar surface area (TPSA) is 66.0 Å². The zero-order valence-corrected chi connectivity index (χ0v) is 18.0. The van der Waals surface area contributed by atoms with E-state index in [1.54, 1.807) is 14.2 Å². The number of para-hydroxylation sites is 1. The maximum absolute atomic E-state index is 12.6. The van der Waals surface area contributed by atoms with E-state index in [2.05, 4.69) is 21.7 Å². The Morgan fingerprint density at radius 2 is 2.03 bits per heavy atom. The average Bonchev–Trinajstić information content (AvgIpc) is 3.39. The van der Waals surface area contributed by atoms with E-state index in [9.17, 15) is 4.79 Å². The van der Waals surface area contributed by atoms with E-state index in [1.165, 1.54) is 31.2 Å². The number of anilines is 1. The van der Waals surface area contributed by atoms with Crippen LogP contribution in [0, 0.1) is 5.41 Å². The summed E-state index contributed by atoms with van der Waals surface area (Å²) >= 11 is 0. The van der Waals surface area contributed by atoms with Crippen molar-refractivity contribution in [2.75, 3.05) is 45.3 Å². The molecule has 0 aromatic heterocycles. The number of rotatable bonds is 9. The van der Waals surface area contributed by atoms with Crippen LogP contribution in [-0.2, 0) is 16.0 Å². The van der Waals surface area contributed by atoms with Crippen molar-refractivity contribution in [1.82, 2.24) is 10.6 Å². The Balaban J connectivity index is 1.38. The lowest BCUT2D eigenvalue weighted by molar-refractivity contribution is -0.118. The molecule has 0 radical (unpaired) electrons. The number of benzene rings is 1. The predicted molar refractivity (Wildman–Crippen MR) is 118 cm³/mol. The van der Waals surface area contributed by atoms with Crippen molar-refractivity contribution < 1.29 is 9.53 Å². The minimum atomic E-state index is 0.212. The van der Waals surface area contributed by atoms with Crippen LogP contribution in [0.4, 0.5) is 5.69 Å². The molecule has 1 aromatic rings. The first-order chi connectivity index (χ1) is 14.2. The Morgan fingerprint density at radius 3 is 2.79 bits per heavy atom. The molecule has 2 aliphatic rings. The highest BCUT2D eigenvalue weighted by Gasteiger charge is 2.33. The normalized spacial score (nSPS) is 18.0. The van der Waals surface area contributed by atoms with Crippen molar-refractivity contribution in [2.24, 2.45) is 10.4 Å². The van der Waals surface area contributed by atoms with Crippen LogP contribution in [0.1, 0.15) is 50.5 Å². The number of carbonyl (C=O) groups excluding carboxylic acids is 1. The number of nitrogens with one attached hydrogen (secondary N) is 2. The summed E-state index contributed by atoms with van der Waals surface area (Å²) in [5.74, 6) is 1.04. The maximum atomic E-state index is 12.6. The van der Waals surface area contributed by atoms with Gasteiger partial charge in [0.25, 0.3) is 0 Å². The van der Waals surface area contributed by atoms with Crippen LogP contribution >= 0.6 is 0 Å². The molecule has 29 heavy (non-hydrogen) atoms. The number of carbonyl (C=O) groups is 1. The number of nitrogens with zero attached hydrogens (tertiary/aromatic N) is 2. The van der Waals surface area contributed by atoms with Crippen LogP contribution in [0.15, 0.2) is 29.3 Å². The van der Waals surface area contributed by atoms with E-state index < -0.39 is 0 Å². The summed E-state index contributed by atoms with van der Waals surface area (Å²) in [6.07, 6.45) is 8.53. The first-order valence-corrected chi connectivity index (χ1v) is 11.0.